The first-order chi connectivity index (χ1) is 14.6. The maximum Gasteiger partial charge on any atom is 0.317 e. The van der Waals surface area contributed by atoms with E-state index in [4.69, 9.17) is 5.11 Å². The first-order valence-corrected chi connectivity index (χ1v) is 10.3. The molecule has 1 saturated heterocycles. The zero-order valence-corrected chi connectivity index (χ0v) is 16.3. The molecule has 4 heterocycles. The van der Waals surface area contributed by atoms with Gasteiger partial charge in [-0.2, -0.15) is 0 Å². The number of hydrogen-bond donors (Lipinski definition) is 1. The van der Waals surface area contributed by atoms with Crippen LogP contribution in [-0.4, -0.2) is 68.2 Å². The van der Waals surface area contributed by atoms with Crippen molar-refractivity contribution < 1.29 is 14.3 Å². The van der Waals surface area contributed by atoms with Crippen molar-refractivity contribution in [3.05, 3.63) is 36.2 Å². The molecule has 154 valence electrons. The van der Waals surface area contributed by atoms with Gasteiger partial charge in [0.25, 0.3) is 0 Å². The molecular weight excluding hydrogens is 387 g/mol. The second-order valence-corrected chi connectivity index (χ2v) is 8.43. The van der Waals surface area contributed by atoms with Gasteiger partial charge in [-0.15, -0.1) is 0 Å². The molecule has 2 aromatic heterocycles. The molecule has 2 aliphatic heterocycles. The van der Waals surface area contributed by atoms with Gasteiger partial charge in [0.2, 0.25) is 5.95 Å². The van der Waals surface area contributed by atoms with Gasteiger partial charge in [0.15, 0.2) is 0 Å². The molecule has 0 bridgehead atoms. The molecule has 8 nitrogen and oxygen atoms in total. The number of carbonyl (C=O) groups is 1. The Morgan fingerprint density at radius 1 is 1.17 bits per heavy atom. The van der Waals surface area contributed by atoms with E-state index in [9.17, 15) is 9.18 Å². The quantitative estimate of drug-likeness (QED) is 0.706. The van der Waals surface area contributed by atoms with Crippen molar-refractivity contribution in [1.82, 2.24) is 24.4 Å². The van der Waals surface area contributed by atoms with Gasteiger partial charge in [0.05, 0.1) is 17.6 Å². The Hall–Kier alpha value is -3.07. The summed E-state index contributed by atoms with van der Waals surface area (Å²) in [6.45, 7) is 3.66. The van der Waals surface area contributed by atoms with E-state index in [-0.39, 0.29) is 12.4 Å². The minimum Gasteiger partial charge on any atom is -0.480 e. The van der Waals surface area contributed by atoms with Gasteiger partial charge in [-0.1, -0.05) is 0 Å². The second kappa shape index (κ2) is 6.46. The fraction of sp³-hybridized carbons (Fsp3) is 0.429. The number of nitrogens with zero attached hydrogens (tertiary/aromatic N) is 6. The Kier molecular flexibility index (Phi) is 3.83. The summed E-state index contributed by atoms with van der Waals surface area (Å²) >= 11 is 0. The summed E-state index contributed by atoms with van der Waals surface area (Å²) in [6.07, 6.45) is 4.53. The molecule has 0 spiro atoms. The van der Waals surface area contributed by atoms with E-state index in [0.717, 1.165) is 17.9 Å². The summed E-state index contributed by atoms with van der Waals surface area (Å²) in [5.74, 6) is 1.82. The number of carboxylic acids is 1. The molecule has 2 atom stereocenters. The molecule has 1 aromatic carbocycles. The Morgan fingerprint density at radius 3 is 2.67 bits per heavy atom. The van der Waals surface area contributed by atoms with Crippen LogP contribution >= 0.6 is 0 Å². The van der Waals surface area contributed by atoms with Gasteiger partial charge in [-0.05, 0) is 18.4 Å². The maximum absolute atomic E-state index is 14.8. The molecule has 1 N–H and O–H groups in total. The number of aromatic nitrogens is 4. The van der Waals surface area contributed by atoms with Crippen LogP contribution in [0.2, 0.25) is 0 Å². The largest absolute Gasteiger partial charge is 0.480 e. The van der Waals surface area contributed by atoms with Crippen molar-refractivity contribution in [2.45, 2.75) is 18.9 Å². The van der Waals surface area contributed by atoms with E-state index in [2.05, 4.69) is 19.5 Å². The third kappa shape index (κ3) is 2.84. The first kappa shape index (κ1) is 17.8. The number of benzene rings is 1. The fourth-order valence-electron chi connectivity index (χ4n) is 4.78. The fourth-order valence-corrected chi connectivity index (χ4v) is 4.78. The van der Waals surface area contributed by atoms with Crippen LogP contribution in [0.25, 0.3) is 22.2 Å². The highest BCUT2D eigenvalue weighted by Gasteiger charge is 2.47. The van der Waals surface area contributed by atoms with Gasteiger partial charge in [0.1, 0.15) is 11.6 Å². The molecule has 0 radical (unpaired) electrons. The summed E-state index contributed by atoms with van der Waals surface area (Å²) in [7, 11) is 0. The zero-order chi connectivity index (χ0) is 20.4. The number of halogens is 1. The number of rotatable bonds is 4. The number of piperazine rings is 1. The Labute approximate surface area is 172 Å². The average molecular weight is 408 g/mol. The number of hydrogen-bond acceptors (Lipinski definition) is 6. The van der Waals surface area contributed by atoms with Crippen LogP contribution in [0.15, 0.2) is 24.5 Å². The molecular formula is C21H21FN6O2. The number of aliphatic carboxylic acids is 1. The molecule has 2 fully saturated rings. The number of carboxylic acid groups (broad SMARTS) is 1. The van der Waals surface area contributed by atoms with Crippen LogP contribution in [0.5, 0.6) is 0 Å². The summed E-state index contributed by atoms with van der Waals surface area (Å²) < 4.78 is 17.0. The predicted octanol–water partition coefficient (Wildman–Crippen LogP) is 1.96. The van der Waals surface area contributed by atoms with Crippen molar-refractivity contribution in [1.29, 1.82) is 0 Å². The summed E-state index contributed by atoms with van der Waals surface area (Å²) in [5.41, 5.74) is 2.82. The minimum absolute atomic E-state index is 0.0508. The van der Waals surface area contributed by atoms with Crippen LogP contribution < -0.4 is 4.90 Å². The normalized spacial score (nSPS) is 22.9. The van der Waals surface area contributed by atoms with E-state index >= 15 is 0 Å². The molecule has 0 unspecified atom stereocenters. The van der Waals surface area contributed by atoms with Crippen LogP contribution in [-0.2, 0) is 11.3 Å². The Bertz CT molecular complexity index is 1150. The number of fused-ring (bicyclic) bond motifs is 5. The van der Waals surface area contributed by atoms with Gasteiger partial charge >= 0.3 is 5.97 Å². The lowest BCUT2D eigenvalue weighted by Gasteiger charge is -2.33. The lowest BCUT2D eigenvalue weighted by atomic mass is 10.1. The van der Waals surface area contributed by atoms with Gasteiger partial charge < -0.3 is 14.6 Å². The molecule has 0 amide bonds. The Morgan fingerprint density at radius 2 is 1.93 bits per heavy atom. The molecule has 1 aliphatic carbocycles. The molecule has 3 aliphatic rings. The second-order valence-electron chi connectivity index (χ2n) is 8.43. The first-order valence-electron chi connectivity index (χ1n) is 10.3. The summed E-state index contributed by atoms with van der Waals surface area (Å²) in [5, 5.41) is 8.91. The summed E-state index contributed by atoms with van der Waals surface area (Å²) in [6, 6.07) is 3.39. The van der Waals surface area contributed by atoms with Crippen molar-refractivity contribution >= 4 is 23.0 Å². The van der Waals surface area contributed by atoms with Crippen molar-refractivity contribution in [3.63, 3.8) is 0 Å². The van der Waals surface area contributed by atoms with Gasteiger partial charge in [-0.25, -0.2) is 19.3 Å². The number of imidazole rings is 1. The molecule has 6 rings (SSSR count). The molecule has 9 heteroatoms. The zero-order valence-electron chi connectivity index (χ0n) is 16.3. The van der Waals surface area contributed by atoms with Gasteiger partial charge in [-0.3, -0.25) is 9.69 Å². The maximum atomic E-state index is 14.8. The lowest BCUT2D eigenvalue weighted by molar-refractivity contribution is -0.138. The van der Waals surface area contributed by atoms with E-state index in [1.165, 1.54) is 12.5 Å². The third-order valence-electron chi connectivity index (χ3n) is 6.50. The third-order valence-corrected chi connectivity index (χ3v) is 6.50. The van der Waals surface area contributed by atoms with Crippen LogP contribution in [0.1, 0.15) is 18.2 Å². The molecule has 30 heavy (non-hydrogen) atoms. The highest BCUT2D eigenvalue weighted by molar-refractivity contribution is 5.83. The smallest absolute Gasteiger partial charge is 0.317 e. The van der Waals surface area contributed by atoms with Crippen LogP contribution in [0, 0.1) is 11.7 Å². The average Bonchev–Trinajstić information content (AvgIpc) is 3.29. The topological polar surface area (TPSA) is 87.4 Å². The highest BCUT2D eigenvalue weighted by Crippen LogP contribution is 2.54. The van der Waals surface area contributed by atoms with E-state index in [1.54, 1.807) is 12.4 Å². The van der Waals surface area contributed by atoms with E-state index in [0.29, 0.717) is 60.6 Å². The van der Waals surface area contributed by atoms with E-state index in [1.807, 2.05) is 15.9 Å². The van der Waals surface area contributed by atoms with Crippen LogP contribution in [0.3, 0.4) is 0 Å². The standard InChI is InChI=1S/C21H21FN6O2/c22-16-7-17-18(28-10-12-5-15(12)20(28)25-17)6-14(16)13-8-23-21(24-9-13)27-3-1-26(2-4-27)11-19(29)30/h6-9,12,15H,1-5,10-11H2,(H,29,30)/t12-,15-/m1/s1. The van der Waals surface area contributed by atoms with E-state index < -0.39 is 5.97 Å². The van der Waals surface area contributed by atoms with Gasteiger partial charge in [0, 0.05) is 68.2 Å². The molecule has 3 aromatic rings. The predicted molar refractivity (Wildman–Crippen MR) is 108 cm³/mol. The van der Waals surface area contributed by atoms with Crippen molar-refractivity contribution in [3.8, 4) is 11.1 Å². The van der Waals surface area contributed by atoms with Crippen molar-refractivity contribution in [2.24, 2.45) is 5.92 Å². The lowest BCUT2D eigenvalue weighted by Crippen LogP contribution is -2.48. The van der Waals surface area contributed by atoms with Crippen LogP contribution in [0.4, 0.5) is 10.3 Å². The molecule has 1 saturated carbocycles. The monoisotopic (exact) mass is 408 g/mol. The Balaban J connectivity index is 1.24. The summed E-state index contributed by atoms with van der Waals surface area (Å²) in [4.78, 5) is 28.3. The van der Waals surface area contributed by atoms with Crippen molar-refractivity contribution in [2.75, 3.05) is 37.6 Å². The SMILES string of the molecule is O=C(O)CN1CCN(c2ncc(-c3cc4c(cc3F)nc3n4C[C@H]4C[C@@H]34)cn2)CC1. The minimum atomic E-state index is -0.816. The number of anilines is 1. The highest BCUT2D eigenvalue weighted by atomic mass is 19.1.